The van der Waals surface area contributed by atoms with Crippen molar-refractivity contribution in [2.45, 2.75) is 0 Å². The Bertz CT molecular complexity index is 2770. The fourth-order valence-electron chi connectivity index (χ4n) is 6.17. The van der Waals surface area contributed by atoms with Crippen LogP contribution >= 0.6 is 0 Å². The fourth-order valence-corrected chi connectivity index (χ4v) is 7.70. The number of aliphatic imine (C=N–C) groups is 2. The first-order chi connectivity index (χ1) is 20.7. The van der Waals surface area contributed by atoms with Crippen molar-refractivity contribution in [1.82, 2.24) is 11.9 Å². The standard InChI is InChI=1S/C32H16N8O.Tl/c1-3-11-19-17(9-1)25-33-26-18-10-2-4-12-20(18)28(35-26)37-30-22-14-6-8-16-24(22)32-38-31-23-15-7-5-13-21(23)29(36-27(19)34-25)39(31)41-40(30)32;/h1-16H;/q;+1. The molecule has 0 atom stereocenters. The Morgan fingerprint density at radius 2 is 1.14 bits per heavy atom. The first kappa shape index (κ1) is 22.6. The van der Waals surface area contributed by atoms with Crippen molar-refractivity contribution < 1.29 is 9.04 Å². The summed E-state index contributed by atoms with van der Waals surface area (Å²) < 4.78 is 12.3. The fraction of sp³-hybridized carbons (Fsp3) is 0. The summed E-state index contributed by atoms with van der Waals surface area (Å²) in [5.41, 5.74) is 4.53. The van der Waals surface area contributed by atoms with Gasteiger partial charge in [0, 0.05) is 0 Å². The van der Waals surface area contributed by atoms with E-state index in [0.717, 1.165) is 55.1 Å². The molecule has 0 radical (unpaired) electrons. The van der Waals surface area contributed by atoms with E-state index in [-0.39, 0.29) is 0 Å². The molecule has 2 aromatic heterocycles. The summed E-state index contributed by atoms with van der Waals surface area (Å²) in [6.07, 6.45) is 0. The van der Waals surface area contributed by atoms with E-state index in [9.17, 15) is 0 Å². The van der Waals surface area contributed by atoms with Crippen LogP contribution in [0.3, 0.4) is 0 Å². The molecule has 6 aromatic rings. The van der Waals surface area contributed by atoms with Gasteiger partial charge in [-0.3, -0.25) is 0 Å². The van der Waals surface area contributed by atoms with Crippen molar-refractivity contribution in [3.8, 4) is 0 Å². The van der Waals surface area contributed by atoms with Crippen LogP contribution in [0.1, 0.15) is 11.1 Å². The van der Waals surface area contributed by atoms with Crippen LogP contribution in [0.2, 0.25) is 0 Å². The number of hydrogen-bond acceptors (Lipinski definition) is 6. The Morgan fingerprint density at radius 1 is 0.571 bits per heavy atom. The van der Waals surface area contributed by atoms with Gasteiger partial charge in [0.1, 0.15) is 0 Å². The molecule has 6 heterocycles. The number of benzene rings is 4. The average molecular weight is 733 g/mol. The Balaban J connectivity index is 1.52. The molecule has 4 aliphatic rings. The van der Waals surface area contributed by atoms with Gasteiger partial charge >= 0.3 is 253 Å². The van der Waals surface area contributed by atoms with Crippen molar-refractivity contribution in [2.24, 2.45) is 20.0 Å². The molecular formula is C32H16N8OTl+. The Kier molecular flexibility index (Phi) is 4.33. The summed E-state index contributed by atoms with van der Waals surface area (Å²) in [7, 11) is 0. The number of nitrogens with zero attached hydrogens (tertiary/aromatic N) is 8. The Labute approximate surface area is 251 Å². The zero-order valence-corrected chi connectivity index (χ0v) is 26.3. The molecule has 0 N–H and O–H groups in total. The molecule has 4 aromatic carbocycles. The van der Waals surface area contributed by atoms with Gasteiger partial charge in [0.25, 0.3) is 0 Å². The van der Waals surface area contributed by atoms with Gasteiger partial charge in [-0.1, -0.05) is 0 Å². The third kappa shape index (κ3) is 2.85. The number of amidine groups is 2. The number of fused-ring (bicyclic) bond motifs is 15. The van der Waals surface area contributed by atoms with E-state index >= 15 is 0 Å². The number of aromatic nitrogens is 4. The molecule has 4 aliphatic heterocycles. The second kappa shape index (κ2) is 8.04. The molecule has 192 valence electrons. The first-order valence-electron chi connectivity index (χ1n) is 13.5. The topological polar surface area (TPSA) is 90.7 Å². The van der Waals surface area contributed by atoms with E-state index in [1.54, 1.807) is 8.99 Å². The second-order valence-electron chi connectivity index (χ2n) is 10.4. The third-order valence-electron chi connectivity index (χ3n) is 8.08. The maximum absolute atomic E-state index is 6.72. The minimum atomic E-state index is 0.388. The van der Waals surface area contributed by atoms with Crippen LogP contribution in [0.4, 0.5) is 11.6 Å². The van der Waals surface area contributed by atoms with E-state index in [0.29, 0.717) is 59.8 Å². The number of hydrogen-bond donors (Lipinski definition) is 0. The molecule has 0 fully saturated rings. The van der Waals surface area contributed by atoms with Crippen LogP contribution in [0, 0.1) is 5.49 Å². The van der Waals surface area contributed by atoms with E-state index in [1.165, 1.54) is 0 Å². The van der Waals surface area contributed by atoms with Crippen LogP contribution in [-0.2, 0) is 0 Å². The van der Waals surface area contributed by atoms with Crippen LogP contribution in [-0.4, -0.2) is 49.7 Å². The van der Waals surface area contributed by atoms with Crippen LogP contribution in [0.5, 0.6) is 0 Å². The predicted molar refractivity (Wildman–Crippen MR) is 159 cm³/mol. The summed E-state index contributed by atoms with van der Waals surface area (Å²) in [5, 5.41) is 5.84. The molecule has 0 spiro atoms. The molecule has 6 bridgehead atoms. The Morgan fingerprint density at radius 3 is 1.88 bits per heavy atom. The van der Waals surface area contributed by atoms with Crippen molar-refractivity contribution in [1.29, 1.82) is 0 Å². The predicted octanol–water partition coefficient (Wildman–Crippen LogP) is 4.07. The molecule has 9 nitrogen and oxygen atoms in total. The van der Waals surface area contributed by atoms with Crippen molar-refractivity contribution in [2.75, 3.05) is 0 Å². The molecule has 0 saturated carbocycles. The molecule has 0 amide bonds. The van der Waals surface area contributed by atoms with E-state index in [1.807, 2.05) is 66.7 Å². The second-order valence-corrected chi connectivity index (χ2v) is 12.4. The zero-order chi connectivity index (χ0) is 27.5. The summed E-state index contributed by atoms with van der Waals surface area (Å²) in [6, 6.07) is 32.7. The quantitative estimate of drug-likeness (QED) is 0.174. The van der Waals surface area contributed by atoms with Gasteiger partial charge in [0.15, 0.2) is 0 Å². The first-order valence-corrected chi connectivity index (χ1v) is 15.5. The van der Waals surface area contributed by atoms with Gasteiger partial charge < -0.3 is 0 Å². The monoisotopic (exact) mass is 733 g/mol. The van der Waals surface area contributed by atoms with E-state index in [4.69, 9.17) is 29.6 Å². The molecule has 10 heteroatoms. The number of rotatable bonds is 0. The molecule has 10 rings (SSSR count). The van der Waals surface area contributed by atoms with Gasteiger partial charge in [-0.05, 0) is 0 Å². The Hall–Kier alpha value is -5.04. The average Bonchev–Trinajstić information content (AvgIpc) is 3.72. The van der Waals surface area contributed by atoms with Gasteiger partial charge in [-0.2, -0.15) is 0 Å². The van der Waals surface area contributed by atoms with Crippen molar-refractivity contribution in [3.05, 3.63) is 125 Å². The van der Waals surface area contributed by atoms with Crippen LogP contribution < -0.4 is 15.4 Å². The van der Waals surface area contributed by atoms with Gasteiger partial charge in [0.05, 0.1) is 0 Å². The van der Waals surface area contributed by atoms with Crippen molar-refractivity contribution >= 4 is 87.3 Å². The summed E-state index contributed by atoms with van der Waals surface area (Å²) in [5.74, 6) is 2.90. The van der Waals surface area contributed by atoms with Gasteiger partial charge in [-0.15, -0.1) is 0 Å². The van der Waals surface area contributed by atoms with Gasteiger partial charge in [-0.25, -0.2) is 0 Å². The molecule has 0 aliphatic carbocycles. The van der Waals surface area contributed by atoms with Crippen LogP contribution in [0.15, 0.2) is 122 Å². The van der Waals surface area contributed by atoms with Crippen molar-refractivity contribution in [3.63, 3.8) is 0 Å². The summed E-state index contributed by atoms with van der Waals surface area (Å²) in [4.78, 5) is 25.8. The summed E-state index contributed by atoms with van der Waals surface area (Å²) in [6.45, 7) is 0. The van der Waals surface area contributed by atoms with Crippen LogP contribution in [0.25, 0.3) is 38.0 Å². The molecular weight excluding hydrogens is 717 g/mol. The SMILES string of the molecule is [Tl][n]1c2c3ccccc3c1N=c1c3ccccc3c3nc4c5ccccc5c(n4o[n+]1=3)=NC1=NC(=N2)c2ccccc21. The molecule has 42 heavy (non-hydrogen) atoms. The van der Waals surface area contributed by atoms with Gasteiger partial charge in [0.2, 0.25) is 0 Å². The minimum absolute atomic E-state index is 0.388. The van der Waals surface area contributed by atoms with E-state index < -0.39 is 0 Å². The zero-order valence-electron chi connectivity index (χ0n) is 21.8. The summed E-state index contributed by atoms with van der Waals surface area (Å²) >= 11 is 0.388. The third-order valence-corrected chi connectivity index (χ3v) is 9.99. The van der Waals surface area contributed by atoms with E-state index in [2.05, 4.69) is 32.7 Å². The molecule has 0 unspecified atom stereocenters. The molecule has 0 saturated heterocycles. The maximum atomic E-state index is 6.72. The normalized spacial score (nSPS) is 14.0.